The molecule has 0 amide bonds. The number of hydrogen-bond donors (Lipinski definition) is 2. The molecule has 1 unspecified atom stereocenters. The van der Waals surface area contributed by atoms with E-state index < -0.39 is 6.10 Å². The van der Waals surface area contributed by atoms with Gasteiger partial charge in [0.15, 0.2) is 0 Å². The zero-order valence-corrected chi connectivity index (χ0v) is 12.9. The Morgan fingerprint density at radius 2 is 2.00 bits per heavy atom. The van der Waals surface area contributed by atoms with Crippen molar-refractivity contribution in [1.82, 2.24) is 5.32 Å². The maximum Gasteiger partial charge on any atom is 0.124 e. The van der Waals surface area contributed by atoms with Gasteiger partial charge in [-0.05, 0) is 25.2 Å². The highest BCUT2D eigenvalue weighted by atomic mass is 16.5. The maximum atomic E-state index is 9.80. The largest absolute Gasteiger partial charge is 0.497 e. The molecule has 0 heterocycles. The molecule has 6 nitrogen and oxygen atoms in total. The Morgan fingerprint density at radius 3 is 2.67 bits per heavy atom. The molecule has 0 saturated heterocycles. The molecule has 0 saturated carbocycles. The average molecular weight is 299 g/mol. The first-order valence-corrected chi connectivity index (χ1v) is 6.90. The summed E-state index contributed by atoms with van der Waals surface area (Å²) in [7, 11) is 5.09. The number of rotatable bonds is 11. The molecule has 1 rings (SSSR count). The van der Waals surface area contributed by atoms with Crippen LogP contribution >= 0.6 is 0 Å². The smallest absolute Gasteiger partial charge is 0.124 e. The van der Waals surface area contributed by atoms with Gasteiger partial charge in [0, 0.05) is 19.2 Å². The van der Waals surface area contributed by atoms with Gasteiger partial charge < -0.3 is 29.4 Å². The highest BCUT2D eigenvalue weighted by Crippen LogP contribution is 2.24. The molecule has 1 aromatic carbocycles. The van der Waals surface area contributed by atoms with Crippen LogP contribution in [0.1, 0.15) is 5.56 Å². The van der Waals surface area contributed by atoms with Crippen LogP contribution in [-0.4, -0.2) is 58.9 Å². The van der Waals surface area contributed by atoms with Gasteiger partial charge >= 0.3 is 0 Å². The Morgan fingerprint density at radius 1 is 1.19 bits per heavy atom. The summed E-state index contributed by atoms with van der Waals surface area (Å²) in [5.41, 5.74) is 0.976. The third kappa shape index (κ3) is 6.77. The van der Waals surface area contributed by atoms with E-state index in [1.165, 1.54) is 0 Å². The molecule has 0 bridgehead atoms. The van der Waals surface area contributed by atoms with E-state index in [0.717, 1.165) is 17.1 Å². The Kier molecular flexibility index (Phi) is 8.77. The van der Waals surface area contributed by atoms with Crippen molar-refractivity contribution >= 4 is 0 Å². The molecule has 0 aliphatic carbocycles. The zero-order chi connectivity index (χ0) is 15.5. The second-order valence-corrected chi connectivity index (χ2v) is 4.54. The Bertz CT molecular complexity index is 400. The summed E-state index contributed by atoms with van der Waals surface area (Å²) in [5, 5.41) is 12.9. The quantitative estimate of drug-likeness (QED) is 0.590. The van der Waals surface area contributed by atoms with Crippen LogP contribution in [0.15, 0.2) is 18.2 Å². The van der Waals surface area contributed by atoms with E-state index in [0.29, 0.717) is 19.8 Å². The molecule has 1 aromatic rings. The molecule has 1 atom stereocenters. The number of methoxy groups -OCH3 is 2. The number of nitrogens with one attached hydrogen (secondary N) is 1. The van der Waals surface area contributed by atoms with E-state index in [9.17, 15) is 5.11 Å². The third-order valence-corrected chi connectivity index (χ3v) is 2.81. The minimum Gasteiger partial charge on any atom is -0.497 e. The van der Waals surface area contributed by atoms with Crippen LogP contribution in [0.4, 0.5) is 0 Å². The fourth-order valence-corrected chi connectivity index (χ4v) is 1.75. The van der Waals surface area contributed by atoms with E-state index >= 15 is 0 Å². The molecule has 0 radical (unpaired) electrons. The molecule has 0 aromatic heterocycles. The van der Waals surface area contributed by atoms with Gasteiger partial charge in [-0.1, -0.05) is 0 Å². The first-order valence-electron chi connectivity index (χ1n) is 6.90. The van der Waals surface area contributed by atoms with E-state index in [4.69, 9.17) is 18.9 Å². The highest BCUT2D eigenvalue weighted by Gasteiger charge is 2.09. The van der Waals surface area contributed by atoms with Crippen molar-refractivity contribution in [2.75, 3.05) is 47.7 Å². The van der Waals surface area contributed by atoms with Crippen molar-refractivity contribution in [2.24, 2.45) is 0 Å². The molecule has 0 spiro atoms. The van der Waals surface area contributed by atoms with Crippen molar-refractivity contribution < 1.29 is 24.1 Å². The molecular weight excluding hydrogens is 274 g/mol. The molecular formula is C15H25NO5. The summed E-state index contributed by atoms with van der Waals surface area (Å²) in [6.45, 7) is 2.03. The lowest BCUT2D eigenvalue weighted by Gasteiger charge is -2.16. The first kappa shape index (κ1) is 17.7. The van der Waals surface area contributed by atoms with Gasteiger partial charge in [-0.25, -0.2) is 0 Å². The van der Waals surface area contributed by atoms with Crippen molar-refractivity contribution in [3.8, 4) is 11.5 Å². The normalized spacial score (nSPS) is 12.2. The number of hydrogen-bond acceptors (Lipinski definition) is 6. The van der Waals surface area contributed by atoms with Gasteiger partial charge in [-0.3, -0.25) is 0 Å². The van der Waals surface area contributed by atoms with Gasteiger partial charge in [-0.15, -0.1) is 0 Å². The molecule has 0 aliphatic rings. The van der Waals surface area contributed by atoms with Crippen LogP contribution in [0.2, 0.25) is 0 Å². The summed E-state index contributed by atoms with van der Waals surface area (Å²) in [6.07, 6.45) is -0.675. The Balaban J connectivity index is 2.46. The van der Waals surface area contributed by atoms with Crippen LogP contribution in [0.25, 0.3) is 0 Å². The highest BCUT2D eigenvalue weighted by molar-refractivity contribution is 5.40. The molecule has 2 N–H and O–H groups in total. The van der Waals surface area contributed by atoms with Crippen LogP contribution < -0.4 is 14.8 Å². The SMILES string of the molecule is CNCc1cc(OC)ccc1OCC(O)COCCOC. The fraction of sp³-hybridized carbons (Fsp3) is 0.600. The van der Waals surface area contributed by atoms with Gasteiger partial charge in [0.1, 0.15) is 24.2 Å². The van der Waals surface area contributed by atoms with Crippen molar-refractivity contribution in [2.45, 2.75) is 12.6 Å². The minimum atomic E-state index is -0.675. The standard InChI is InChI=1S/C15H25NO5/c1-16-9-12-8-14(19-3)4-5-15(12)21-11-13(17)10-20-7-6-18-2/h4-5,8,13,16-17H,6-7,9-11H2,1-3H3. The molecule has 120 valence electrons. The summed E-state index contributed by atoms with van der Waals surface area (Å²) in [5.74, 6) is 1.50. The predicted molar refractivity (Wildman–Crippen MR) is 80.0 cm³/mol. The Labute approximate surface area is 126 Å². The second-order valence-electron chi connectivity index (χ2n) is 4.54. The fourth-order valence-electron chi connectivity index (χ4n) is 1.75. The lowest BCUT2D eigenvalue weighted by atomic mass is 10.2. The maximum absolute atomic E-state index is 9.80. The van der Waals surface area contributed by atoms with Gasteiger partial charge in [0.25, 0.3) is 0 Å². The van der Waals surface area contributed by atoms with E-state index in [1.807, 2.05) is 25.2 Å². The van der Waals surface area contributed by atoms with Crippen molar-refractivity contribution in [3.63, 3.8) is 0 Å². The van der Waals surface area contributed by atoms with Gasteiger partial charge in [0.2, 0.25) is 0 Å². The molecule has 0 aliphatic heterocycles. The van der Waals surface area contributed by atoms with Gasteiger partial charge in [0.05, 0.1) is 26.9 Å². The first-order chi connectivity index (χ1) is 10.2. The van der Waals surface area contributed by atoms with Crippen molar-refractivity contribution in [1.29, 1.82) is 0 Å². The second kappa shape index (κ2) is 10.4. The van der Waals surface area contributed by atoms with Crippen LogP contribution in [0.5, 0.6) is 11.5 Å². The number of benzene rings is 1. The topological polar surface area (TPSA) is 69.2 Å². The molecule has 0 fully saturated rings. The summed E-state index contributed by atoms with van der Waals surface area (Å²) >= 11 is 0. The summed E-state index contributed by atoms with van der Waals surface area (Å²) in [6, 6.07) is 5.58. The number of aliphatic hydroxyl groups is 1. The Hall–Kier alpha value is -1.34. The number of aliphatic hydroxyl groups excluding tert-OH is 1. The summed E-state index contributed by atoms with van der Waals surface area (Å²) in [4.78, 5) is 0. The van der Waals surface area contributed by atoms with Crippen LogP contribution in [0, 0.1) is 0 Å². The lowest BCUT2D eigenvalue weighted by Crippen LogP contribution is -2.24. The van der Waals surface area contributed by atoms with Crippen LogP contribution in [0.3, 0.4) is 0 Å². The minimum absolute atomic E-state index is 0.177. The van der Waals surface area contributed by atoms with E-state index in [-0.39, 0.29) is 13.2 Å². The lowest BCUT2D eigenvalue weighted by molar-refractivity contribution is -0.00433. The zero-order valence-electron chi connectivity index (χ0n) is 12.9. The average Bonchev–Trinajstić information content (AvgIpc) is 2.50. The third-order valence-electron chi connectivity index (χ3n) is 2.81. The van der Waals surface area contributed by atoms with E-state index in [1.54, 1.807) is 14.2 Å². The van der Waals surface area contributed by atoms with Crippen molar-refractivity contribution in [3.05, 3.63) is 23.8 Å². The monoisotopic (exact) mass is 299 g/mol. The van der Waals surface area contributed by atoms with Crippen LogP contribution in [-0.2, 0) is 16.0 Å². The molecule has 21 heavy (non-hydrogen) atoms. The van der Waals surface area contributed by atoms with E-state index in [2.05, 4.69) is 5.32 Å². The number of ether oxygens (including phenoxy) is 4. The predicted octanol–water partition coefficient (Wildman–Crippen LogP) is 0.817. The summed E-state index contributed by atoms with van der Waals surface area (Å²) < 4.78 is 21.0. The molecule has 6 heteroatoms. The van der Waals surface area contributed by atoms with Gasteiger partial charge in [-0.2, -0.15) is 0 Å².